The molecule has 0 aliphatic carbocycles. The SMILES string of the molecule is O=C(NC(=S)Nc1ccc(Cl)cc1-c1nc2ccccc2s1)c1cccc(Br)c1. The number of thiazole rings is 1. The average Bonchev–Trinajstić information content (AvgIpc) is 3.13. The Morgan fingerprint density at radius 3 is 2.69 bits per heavy atom. The summed E-state index contributed by atoms with van der Waals surface area (Å²) in [4.78, 5) is 17.1. The van der Waals surface area contributed by atoms with Crippen molar-refractivity contribution in [3.05, 3.63) is 81.8 Å². The molecule has 8 heteroatoms. The second-order valence-corrected chi connectivity index (χ2v) is 8.89. The zero-order valence-corrected chi connectivity index (χ0v) is 18.8. The molecule has 0 saturated heterocycles. The molecule has 29 heavy (non-hydrogen) atoms. The molecule has 144 valence electrons. The van der Waals surface area contributed by atoms with Crippen molar-refractivity contribution in [3.8, 4) is 10.6 Å². The van der Waals surface area contributed by atoms with E-state index in [1.165, 1.54) is 0 Å². The Morgan fingerprint density at radius 1 is 1.07 bits per heavy atom. The molecule has 0 fully saturated rings. The maximum absolute atomic E-state index is 12.4. The van der Waals surface area contributed by atoms with E-state index in [2.05, 4.69) is 26.6 Å². The number of nitrogens with one attached hydrogen (secondary N) is 2. The van der Waals surface area contributed by atoms with E-state index in [9.17, 15) is 4.79 Å². The predicted octanol–water partition coefficient (Wildman–Crippen LogP) is 6.51. The van der Waals surface area contributed by atoms with Crippen LogP contribution < -0.4 is 10.6 Å². The van der Waals surface area contributed by atoms with Gasteiger partial charge in [0, 0.05) is 20.6 Å². The number of nitrogens with zero attached hydrogens (tertiary/aromatic N) is 1. The summed E-state index contributed by atoms with van der Waals surface area (Å²) in [6.07, 6.45) is 0. The molecule has 0 aliphatic heterocycles. The molecule has 2 N–H and O–H groups in total. The van der Waals surface area contributed by atoms with Crippen LogP contribution in [-0.2, 0) is 0 Å². The number of carbonyl (C=O) groups is 1. The molecule has 1 heterocycles. The Morgan fingerprint density at radius 2 is 1.90 bits per heavy atom. The number of rotatable bonds is 3. The molecular formula is C21H13BrClN3OS2. The van der Waals surface area contributed by atoms with Gasteiger partial charge in [0.1, 0.15) is 5.01 Å². The van der Waals surface area contributed by atoms with Crippen molar-refractivity contribution >= 4 is 78.0 Å². The van der Waals surface area contributed by atoms with Gasteiger partial charge in [-0.3, -0.25) is 10.1 Å². The quantitative estimate of drug-likeness (QED) is 0.314. The van der Waals surface area contributed by atoms with Crippen LogP contribution in [-0.4, -0.2) is 16.0 Å². The highest BCUT2D eigenvalue weighted by Crippen LogP contribution is 2.36. The van der Waals surface area contributed by atoms with E-state index >= 15 is 0 Å². The third-order valence-corrected chi connectivity index (χ3v) is 6.07. The van der Waals surface area contributed by atoms with Crippen molar-refractivity contribution in [2.45, 2.75) is 0 Å². The second-order valence-electron chi connectivity index (χ2n) is 6.10. The zero-order chi connectivity index (χ0) is 20.4. The molecule has 0 radical (unpaired) electrons. The lowest BCUT2D eigenvalue weighted by Gasteiger charge is -2.13. The molecule has 0 spiro atoms. The highest BCUT2D eigenvalue weighted by molar-refractivity contribution is 9.10. The summed E-state index contributed by atoms with van der Waals surface area (Å²) in [6.45, 7) is 0. The molecular weight excluding hydrogens is 490 g/mol. The minimum absolute atomic E-state index is 0.194. The summed E-state index contributed by atoms with van der Waals surface area (Å²) < 4.78 is 1.90. The van der Waals surface area contributed by atoms with Crippen molar-refractivity contribution < 1.29 is 4.79 Å². The summed E-state index contributed by atoms with van der Waals surface area (Å²) in [7, 11) is 0. The van der Waals surface area contributed by atoms with Crippen LogP contribution in [0.4, 0.5) is 5.69 Å². The lowest BCUT2D eigenvalue weighted by molar-refractivity contribution is 0.0977. The van der Waals surface area contributed by atoms with Crippen molar-refractivity contribution in [3.63, 3.8) is 0 Å². The molecule has 0 aliphatic rings. The van der Waals surface area contributed by atoms with E-state index in [-0.39, 0.29) is 11.0 Å². The maximum Gasteiger partial charge on any atom is 0.257 e. The normalized spacial score (nSPS) is 10.7. The van der Waals surface area contributed by atoms with Gasteiger partial charge in [0.05, 0.1) is 15.9 Å². The number of hydrogen-bond donors (Lipinski definition) is 2. The van der Waals surface area contributed by atoms with Crippen molar-refractivity contribution in [2.24, 2.45) is 0 Å². The van der Waals surface area contributed by atoms with Crippen molar-refractivity contribution in [1.82, 2.24) is 10.3 Å². The van der Waals surface area contributed by atoms with Gasteiger partial charge >= 0.3 is 0 Å². The molecule has 0 unspecified atom stereocenters. The Bertz CT molecular complexity index is 1210. The highest BCUT2D eigenvalue weighted by atomic mass is 79.9. The molecule has 1 amide bonds. The number of thiocarbonyl (C=S) groups is 1. The summed E-state index contributed by atoms with van der Waals surface area (Å²) >= 11 is 16.5. The number of para-hydroxylation sites is 1. The van der Waals surface area contributed by atoms with E-state index in [1.807, 2.05) is 42.5 Å². The Hall–Kier alpha value is -2.32. The first-order valence-electron chi connectivity index (χ1n) is 8.53. The minimum atomic E-state index is -0.292. The van der Waals surface area contributed by atoms with Gasteiger partial charge in [-0.1, -0.05) is 45.7 Å². The molecule has 0 atom stereocenters. The van der Waals surface area contributed by atoms with Crippen LogP contribution in [0.15, 0.2) is 71.2 Å². The van der Waals surface area contributed by atoms with Gasteiger partial charge in [0.15, 0.2) is 5.11 Å². The molecule has 3 aromatic carbocycles. The fourth-order valence-corrected chi connectivity index (χ4v) is 4.52. The van der Waals surface area contributed by atoms with Crippen LogP contribution in [0.3, 0.4) is 0 Å². The van der Waals surface area contributed by atoms with Gasteiger partial charge in [0.2, 0.25) is 0 Å². The number of anilines is 1. The van der Waals surface area contributed by atoms with Gasteiger partial charge in [-0.25, -0.2) is 4.98 Å². The van der Waals surface area contributed by atoms with Crippen molar-refractivity contribution in [2.75, 3.05) is 5.32 Å². The number of halogens is 2. The summed E-state index contributed by atoms with van der Waals surface area (Å²) in [5.41, 5.74) is 2.96. The first-order chi connectivity index (χ1) is 14.0. The highest BCUT2D eigenvalue weighted by Gasteiger charge is 2.14. The van der Waals surface area contributed by atoms with Crippen LogP contribution in [0.2, 0.25) is 5.02 Å². The van der Waals surface area contributed by atoms with Gasteiger partial charge in [0.25, 0.3) is 5.91 Å². The number of carbonyl (C=O) groups excluding carboxylic acids is 1. The molecule has 0 saturated carbocycles. The first-order valence-corrected chi connectivity index (χ1v) is 10.9. The topological polar surface area (TPSA) is 54.0 Å². The predicted molar refractivity (Wildman–Crippen MR) is 128 cm³/mol. The number of hydrogen-bond acceptors (Lipinski definition) is 4. The fourth-order valence-electron chi connectivity index (χ4n) is 2.75. The summed E-state index contributed by atoms with van der Waals surface area (Å²) in [6, 6.07) is 20.4. The molecule has 4 aromatic rings. The lowest BCUT2D eigenvalue weighted by Crippen LogP contribution is -2.34. The number of aromatic nitrogens is 1. The standard InChI is InChI=1S/C21H13BrClN3OS2/c22-13-5-3-4-12(10-13)19(27)26-21(28)25-16-9-8-14(23)11-15(16)20-24-17-6-1-2-7-18(17)29-20/h1-11H,(H2,25,26,27,28). The van der Waals surface area contributed by atoms with E-state index in [1.54, 1.807) is 35.6 Å². The fraction of sp³-hybridized carbons (Fsp3) is 0. The van der Waals surface area contributed by atoms with Crippen LogP contribution >= 0.6 is 51.1 Å². The molecule has 1 aromatic heterocycles. The van der Waals surface area contributed by atoms with E-state index < -0.39 is 0 Å². The second kappa shape index (κ2) is 8.59. The molecule has 0 bridgehead atoms. The van der Waals surface area contributed by atoms with Gasteiger partial charge < -0.3 is 5.32 Å². The molecule has 4 nitrogen and oxygen atoms in total. The molecule has 4 rings (SSSR count). The number of benzene rings is 3. The van der Waals surface area contributed by atoms with Crippen LogP contribution in [0.25, 0.3) is 20.8 Å². The monoisotopic (exact) mass is 501 g/mol. The number of amides is 1. The lowest BCUT2D eigenvalue weighted by atomic mass is 10.2. The summed E-state index contributed by atoms with van der Waals surface area (Å²) in [5, 5.41) is 7.40. The third-order valence-electron chi connectivity index (χ3n) is 4.07. The maximum atomic E-state index is 12.4. The minimum Gasteiger partial charge on any atom is -0.332 e. The van der Waals surface area contributed by atoms with Crippen LogP contribution in [0.1, 0.15) is 10.4 Å². The zero-order valence-electron chi connectivity index (χ0n) is 14.8. The van der Waals surface area contributed by atoms with Gasteiger partial charge in [-0.2, -0.15) is 0 Å². The largest absolute Gasteiger partial charge is 0.332 e. The smallest absolute Gasteiger partial charge is 0.257 e. The Labute approximate surface area is 190 Å². The first kappa shape index (κ1) is 20.0. The number of fused-ring (bicyclic) bond motifs is 1. The van der Waals surface area contributed by atoms with E-state index in [4.69, 9.17) is 28.8 Å². The summed E-state index contributed by atoms with van der Waals surface area (Å²) in [5.74, 6) is -0.292. The Kier molecular flexibility index (Phi) is 5.91. The van der Waals surface area contributed by atoms with Crippen molar-refractivity contribution in [1.29, 1.82) is 0 Å². The Balaban J connectivity index is 1.59. The third kappa shape index (κ3) is 4.64. The average molecular weight is 503 g/mol. The van der Waals surface area contributed by atoms with Gasteiger partial charge in [-0.05, 0) is 60.7 Å². The van der Waals surface area contributed by atoms with E-state index in [0.29, 0.717) is 16.3 Å². The van der Waals surface area contributed by atoms with Crippen LogP contribution in [0, 0.1) is 0 Å². The van der Waals surface area contributed by atoms with E-state index in [0.717, 1.165) is 25.3 Å². The van der Waals surface area contributed by atoms with Crippen LogP contribution in [0.5, 0.6) is 0 Å². The van der Waals surface area contributed by atoms with Gasteiger partial charge in [-0.15, -0.1) is 11.3 Å².